The number of aromatic nitrogens is 2. The van der Waals surface area contributed by atoms with Gasteiger partial charge in [-0.3, -0.25) is 0 Å². The maximum Gasteiger partial charge on any atom is 0.169 e. The second-order valence-corrected chi connectivity index (χ2v) is 3.57. The van der Waals surface area contributed by atoms with Crippen molar-refractivity contribution < 1.29 is 0 Å². The lowest BCUT2D eigenvalue weighted by atomic mass is 10.1. The normalized spacial score (nSPS) is 12.1. The fraction of sp³-hybridized carbons (Fsp3) is 0.167. The minimum absolute atomic E-state index is 0.153. The van der Waals surface area contributed by atoms with E-state index in [9.17, 15) is 0 Å². The molecule has 1 atom stereocenters. The van der Waals surface area contributed by atoms with Gasteiger partial charge in [-0.1, -0.05) is 30.3 Å². The molecule has 2 rings (SSSR count). The molecule has 0 spiro atoms. The molecule has 82 valence electrons. The van der Waals surface area contributed by atoms with Crippen LogP contribution in [0.4, 0.5) is 11.6 Å². The molecule has 4 heteroatoms. The molecule has 4 nitrogen and oxygen atoms in total. The molecule has 16 heavy (non-hydrogen) atoms. The summed E-state index contributed by atoms with van der Waals surface area (Å²) in [6.07, 6.45) is 3.20. The lowest BCUT2D eigenvalue weighted by Crippen LogP contribution is -2.10. The Morgan fingerprint density at radius 3 is 2.50 bits per heavy atom. The van der Waals surface area contributed by atoms with E-state index in [2.05, 4.69) is 34.3 Å². The monoisotopic (exact) mass is 214 g/mol. The average Bonchev–Trinajstić information content (AvgIpc) is 2.33. The molecule has 0 radical (unpaired) electrons. The van der Waals surface area contributed by atoms with Gasteiger partial charge in [-0.2, -0.15) is 0 Å². The van der Waals surface area contributed by atoms with Crippen LogP contribution >= 0.6 is 0 Å². The van der Waals surface area contributed by atoms with Gasteiger partial charge in [-0.25, -0.2) is 9.97 Å². The van der Waals surface area contributed by atoms with Crippen molar-refractivity contribution >= 4 is 11.6 Å². The predicted octanol–water partition coefficient (Wildman–Crippen LogP) is 2.23. The van der Waals surface area contributed by atoms with Crippen LogP contribution in [-0.4, -0.2) is 9.97 Å². The van der Waals surface area contributed by atoms with E-state index in [4.69, 9.17) is 5.73 Å². The molecule has 1 heterocycles. The number of nitrogen functional groups attached to an aromatic ring is 1. The van der Waals surface area contributed by atoms with Crippen LogP contribution in [0, 0.1) is 0 Å². The smallest absolute Gasteiger partial charge is 0.169 e. The van der Waals surface area contributed by atoms with Crippen molar-refractivity contribution in [2.45, 2.75) is 13.0 Å². The molecule has 0 aliphatic rings. The molecule has 0 amide bonds. The van der Waals surface area contributed by atoms with E-state index in [1.807, 2.05) is 18.2 Å². The van der Waals surface area contributed by atoms with E-state index < -0.39 is 0 Å². The van der Waals surface area contributed by atoms with E-state index >= 15 is 0 Å². The SMILES string of the molecule is C[C@@H](Nc1nccnc1N)c1ccccc1. The lowest BCUT2D eigenvalue weighted by Gasteiger charge is -2.15. The molecule has 3 N–H and O–H groups in total. The van der Waals surface area contributed by atoms with Crippen molar-refractivity contribution in [1.29, 1.82) is 0 Å². The van der Waals surface area contributed by atoms with E-state index in [1.165, 1.54) is 5.56 Å². The maximum absolute atomic E-state index is 5.71. The van der Waals surface area contributed by atoms with Gasteiger partial charge in [-0.05, 0) is 12.5 Å². The van der Waals surface area contributed by atoms with Gasteiger partial charge in [0, 0.05) is 12.4 Å². The van der Waals surface area contributed by atoms with Crippen LogP contribution in [0.25, 0.3) is 0 Å². The third-order valence-electron chi connectivity index (χ3n) is 2.38. The van der Waals surface area contributed by atoms with Crippen LogP contribution in [0.2, 0.25) is 0 Å². The molecule has 0 aliphatic carbocycles. The molecule has 1 aromatic carbocycles. The number of rotatable bonds is 3. The third kappa shape index (κ3) is 2.28. The number of nitrogens with two attached hydrogens (primary N) is 1. The third-order valence-corrected chi connectivity index (χ3v) is 2.38. The van der Waals surface area contributed by atoms with Crippen molar-refractivity contribution in [2.24, 2.45) is 0 Å². The fourth-order valence-electron chi connectivity index (χ4n) is 1.49. The molecule has 0 saturated heterocycles. The largest absolute Gasteiger partial charge is 0.381 e. The minimum atomic E-state index is 0.153. The number of nitrogens with one attached hydrogen (secondary N) is 1. The molecule has 0 unspecified atom stereocenters. The quantitative estimate of drug-likeness (QED) is 0.822. The number of hydrogen-bond acceptors (Lipinski definition) is 4. The lowest BCUT2D eigenvalue weighted by molar-refractivity contribution is 0.873. The van der Waals surface area contributed by atoms with Crippen LogP contribution < -0.4 is 11.1 Å². The van der Waals surface area contributed by atoms with Gasteiger partial charge in [0.1, 0.15) is 0 Å². The first kappa shape index (κ1) is 10.4. The minimum Gasteiger partial charge on any atom is -0.381 e. The van der Waals surface area contributed by atoms with Gasteiger partial charge in [-0.15, -0.1) is 0 Å². The molecule has 0 bridgehead atoms. The average molecular weight is 214 g/mol. The van der Waals surface area contributed by atoms with Gasteiger partial charge in [0.25, 0.3) is 0 Å². The highest BCUT2D eigenvalue weighted by molar-refractivity contribution is 5.56. The van der Waals surface area contributed by atoms with Crippen molar-refractivity contribution in [3.05, 3.63) is 48.3 Å². The zero-order valence-corrected chi connectivity index (χ0v) is 9.09. The van der Waals surface area contributed by atoms with Gasteiger partial charge in [0.05, 0.1) is 6.04 Å². The first-order valence-electron chi connectivity index (χ1n) is 5.15. The second kappa shape index (κ2) is 4.61. The summed E-state index contributed by atoms with van der Waals surface area (Å²) in [5.74, 6) is 1.05. The fourth-order valence-corrected chi connectivity index (χ4v) is 1.49. The van der Waals surface area contributed by atoms with Gasteiger partial charge < -0.3 is 11.1 Å². The Balaban J connectivity index is 2.14. The highest BCUT2D eigenvalue weighted by atomic mass is 15.1. The second-order valence-electron chi connectivity index (χ2n) is 3.57. The molecular formula is C12H14N4. The summed E-state index contributed by atoms with van der Waals surface area (Å²) in [7, 11) is 0. The van der Waals surface area contributed by atoms with Crippen LogP contribution in [-0.2, 0) is 0 Å². The number of anilines is 2. The van der Waals surface area contributed by atoms with Gasteiger partial charge in [0.2, 0.25) is 0 Å². The Labute approximate surface area is 94.5 Å². The Kier molecular flexibility index (Phi) is 3.00. The highest BCUT2D eigenvalue weighted by Crippen LogP contribution is 2.19. The summed E-state index contributed by atoms with van der Waals surface area (Å²) in [6.45, 7) is 2.06. The van der Waals surface area contributed by atoms with E-state index in [0.29, 0.717) is 11.6 Å². The number of benzene rings is 1. The number of nitrogens with zero attached hydrogens (tertiary/aromatic N) is 2. The Morgan fingerprint density at radius 2 is 1.81 bits per heavy atom. The molecule has 2 aromatic rings. The summed E-state index contributed by atoms with van der Waals surface area (Å²) < 4.78 is 0. The first-order chi connectivity index (χ1) is 7.77. The Morgan fingerprint density at radius 1 is 1.12 bits per heavy atom. The summed E-state index contributed by atoms with van der Waals surface area (Å²) in [4.78, 5) is 8.12. The summed E-state index contributed by atoms with van der Waals surface area (Å²) in [6, 6.07) is 10.3. The standard InChI is InChI=1S/C12H14N4/c1-9(10-5-3-2-4-6-10)16-12-11(13)14-7-8-15-12/h2-9H,1H3,(H2,13,14)(H,15,16)/t9-/m1/s1. The molecule has 1 aromatic heterocycles. The zero-order valence-electron chi connectivity index (χ0n) is 9.09. The van der Waals surface area contributed by atoms with Crippen molar-refractivity contribution in [3.63, 3.8) is 0 Å². The van der Waals surface area contributed by atoms with E-state index in [1.54, 1.807) is 12.4 Å². The van der Waals surface area contributed by atoms with Crippen LogP contribution in [0.5, 0.6) is 0 Å². The predicted molar refractivity (Wildman–Crippen MR) is 64.9 cm³/mol. The zero-order chi connectivity index (χ0) is 11.4. The first-order valence-corrected chi connectivity index (χ1v) is 5.15. The topological polar surface area (TPSA) is 63.8 Å². The van der Waals surface area contributed by atoms with E-state index in [-0.39, 0.29) is 6.04 Å². The molecular weight excluding hydrogens is 200 g/mol. The Bertz CT molecular complexity index is 456. The van der Waals surface area contributed by atoms with Gasteiger partial charge in [0.15, 0.2) is 11.6 Å². The Hall–Kier alpha value is -2.10. The van der Waals surface area contributed by atoms with Crippen molar-refractivity contribution in [1.82, 2.24) is 9.97 Å². The molecule has 0 saturated carbocycles. The van der Waals surface area contributed by atoms with Crippen LogP contribution in [0.1, 0.15) is 18.5 Å². The summed E-state index contributed by atoms with van der Waals surface area (Å²) in [5.41, 5.74) is 6.90. The van der Waals surface area contributed by atoms with Crippen molar-refractivity contribution in [2.75, 3.05) is 11.1 Å². The van der Waals surface area contributed by atoms with Crippen LogP contribution in [0.3, 0.4) is 0 Å². The summed E-state index contributed by atoms with van der Waals surface area (Å²) >= 11 is 0. The maximum atomic E-state index is 5.71. The van der Waals surface area contributed by atoms with Crippen molar-refractivity contribution in [3.8, 4) is 0 Å². The van der Waals surface area contributed by atoms with Crippen LogP contribution in [0.15, 0.2) is 42.7 Å². The highest BCUT2D eigenvalue weighted by Gasteiger charge is 2.07. The molecule has 0 aliphatic heterocycles. The van der Waals surface area contributed by atoms with Gasteiger partial charge >= 0.3 is 0 Å². The molecule has 0 fully saturated rings. The van der Waals surface area contributed by atoms with E-state index in [0.717, 1.165) is 0 Å². The number of hydrogen-bond donors (Lipinski definition) is 2. The summed E-state index contributed by atoms with van der Waals surface area (Å²) in [5, 5.41) is 3.23.